The second-order valence-corrected chi connectivity index (χ2v) is 9.33. The molecule has 1 atom stereocenters. The number of likely N-dealkylation sites (tertiary alicyclic amines) is 2. The minimum Gasteiger partial charge on any atom is -0.387 e. The van der Waals surface area contributed by atoms with E-state index in [0.717, 1.165) is 75.8 Å². The lowest BCUT2D eigenvalue weighted by Gasteiger charge is -2.43. The first-order valence-electron chi connectivity index (χ1n) is 11.2. The van der Waals surface area contributed by atoms with Crippen molar-refractivity contribution >= 4 is 5.91 Å². The number of rotatable bonds is 4. The van der Waals surface area contributed by atoms with Crippen LogP contribution in [-0.2, 0) is 24.2 Å². The number of hydrogen-bond donors (Lipinski definition) is 1. The maximum Gasteiger partial charge on any atom is 0.267 e. The number of hydrogen-bond acceptors (Lipinski definition) is 5. The predicted molar refractivity (Wildman–Crippen MR) is 111 cm³/mol. The molecule has 1 amide bonds. The lowest BCUT2D eigenvalue weighted by atomic mass is 9.90. The number of nitrogens with zero attached hydrogens (tertiary/aromatic N) is 4. The van der Waals surface area contributed by atoms with E-state index in [-0.39, 0.29) is 11.5 Å². The molecule has 1 aromatic rings. The van der Waals surface area contributed by atoms with E-state index in [9.17, 15) is 14.7 Å². The SMILES string of the molecule is CC(=O)N1CCCC(O)(CN2CCC(Cn3nc4c(cc3=O)CCCC4)CC2)C1. The van der Waals surface area contributed by atoms with Gasteiger partial charge in [-0.1, -0.05) is 0 Å². The summed E-state index contributed by atoms with van der Waals surface area (Å²) >= 11 is 0. The molecule has 1 unspecified atom stereocenters. The van der Waals surface area contributed by atoms with Crippen LogP contribution in [0.15, 0.2) is 10.9 Å². The van der Waals surface area contributed by atoms with Crippen LogP contribution < -0.4 is 5.56 Å². The highest BCUT2D eigenvalue weighted by Gasteiger charge is 2.36. The van der Waals surface area contributed by atoms with Crippen LogP contribution >= 0.6 is 0 Å². The summed E-state index contributed by atoms with van der Waals surface area (Å²) in [4.78, 5) is 28.2. The Bertz CT molecular complexity index is 800. The smallest absolute Gasteiger partial charge is 0.267 e. The Kier molecular flexibility index (Phi) is 6.06. The van der Waals surface area contributed by atoms with Crippen LogP contribution in [-0.4, -0.2) is 68.9 Å². The van der Waals surface area contributed by atoms with Crippen molar-refractivity contribution in [1.82, 2.24) is 19.6 Å². The summed E-state index contributed by atoms with van der Waals surface area (Å²) in [6.07, 6.45) is 7.94. The summed E-state index contributed by atoms with van der Waals surface area (Å²) in [5.74, 6) is 0.498. The van der Waals surface area contributed by atoms with Gasteiger partial charge >= 0.3 is 0 Å². The number of β-amino-alcohol motifs (C(OH)–C–C–N with tert-alkyl or cyclic N) is 1. The average molecular weight is 403 g/mol. The van der Waals surface area contributed by atoms with E-state index in [1.165, 1.54) is 6.42 Å². The zero-order chi connectivity index (χ0) is 20.4. The fourth-order valence-electron chi connectivity index (χ4n) is 5.23. The van der Waals surface area contributed by atoms with E-state index in [2.05, 4.69) is 10.00 Å². The van der Waals surface area contributed by atoms with Crippen LogP contribution in [0.4, 0.5) is 0 Å². The van der Waals surface area contributed by atoms with Gasteiger partial charge in [0.1, 0.15) is 0 Å². The Morgan fingerprint density at radius 3 is 2.72 bits per heavy atom. The van der Waals surface area contributed by atoms with E-state index in [4.69, 9.17) is 0 Å². The minimum atomic E-state index is -0.798. The monoisotopic (exact) mass is 402 g/mol. The third kappa shape index (κ3) is 4.89. The van der Waals surface area contributed by atoms with Gasteiger partial charge in [-0.25, -0.2) is 4.68 Å². The lowest BCUT2D eigenvalue weighted by Crippen LogP contribution is -2.56. The Balaban J connectivity index is 1.31. The number of fused-ring (bicyclic) bond motifs is 1. The van der Waals surface area contributed by atoms with Crippen LogP contribution in [0.25, 0.3) is 0 Å². The highest BCUT2D eigenvalue weighted by molar-refractivity contribution is 5.73. The van der Waals surface area contributed by atoms with Gasteiger partial charge in [0.05, 0.1) is 17.8 Å². The molecule has 7 heteroatoms. The first-order valence-corrected chi connectivity index (χ1v) is 11.2. The fourth-order valence-corrected chi connectivity index (χ4v) is 5.23. The molecule has 1 aromatic heterocycles. The molecule has 0 saturated carbocycles. The standard InChI is InChI=1S/C22H34N4O3/c1-17(27)25-10-4-9-22(29,16-25)15-24-11-7-18(8-12-24)14-26-21(28)13-19-5-2-3-6-20(19)23-26/h13,18,29H,2-12,14-16H2,1H3. The van der Waals surface area contributed by atoms with Crippen molar-refractivity contribution in [1.29, 1.82) is 0 Å². The molecule has 7 nitrogen and oxygen atoms in total. The van der Waals surface area contributed by atoms with Gasteiger partial charge in [-0.05, 0) is 75.9 Å². The van der Waals surface area contributed by atoms with Crippen molar-refractivity contribution in [2.45, 2.75) is 70.4 Å². The molecule has 3 aliphatic rings. The number of aromatic nitrogens is 2. The van der Waals surface area contributed by atoms with Gasteiger partial charge in [0.25, 0.3) is 5.56 Å². The summed E-state index contributed by atoms with van der Waals surface area (Å²) in [6.45, 7) is 5.94. The second-order valence-electron chi connectivity index (χ2n) is 9.33. The Hall–Kier alpha value is -1.73. The maximum atomic E-state index is 12.4. The van der Waals surface area contributed by atoms with Crippen LogP contribution in [0.3, 0.4) is 0 Å². The average Bonchev–Trinajstić information content (AvgIpc) is 2.70. The number of piperidine rings is 2. The van der Waals surface area contributed by atoms with Crippen molar-refractivity contribution in [3.63, 3.8) is 0 Å². The lowest BCUT2D eigenvalue weighted by molar-refractivity contribution is -0.137. The molecule has 4 rings (SSSR count). The van der Waals surface area contributed by atoms with Crippen LogP contribution in [0.1, 0.15) is 56.7 Å². The summed E-state index contributed by atoms with van der Waals surface area (Å²) < 4.78 is 1.68. The molecule has 0 spiro atoms. The molecule has 1 aliphatic carbocycles. The third-order valence-corrected chi connectivity index (χ3v) is 6.93. The quantitative estimate of drug-likeness (QED) is 0.819. The number of carbonyl (C=O) groups is 1. The molecule has 3 heterocycles. The summed E-state index contributed by atoms with van der Waals surface area (Å²) in [5.41, 5.74) is 1.50. The van der Waals surface area contributed by atoms with Crippen LogP contribution in [0.5, 0.6) is 0 Å². The van der Waals surface area contributed by atoms with Gasteiger partial charge in [0, 0.05) is 32.6 Å². The van der Waals surface area contributed by atoms with E-state index in [1.807, 2.05) is 0 Å². The molecule has 0 bridgehead atoms. The number of aliphatic hydroxyl groups is 1. The summed E-state index contributed by atoms with van der Waals surface area (Å²) in [7, 11) is 0. The first kappa shape index (κ1) is 20.5. The zero-order valence-electron chi connectivity index (χ0n) is 17.6. The van der Waals surface area contributed by atoms with Crippen molar-refractivity contribution in [3.05, 3.63) is 27.7 Å². The van der Waals surface area contributed by atoms with Crippen molar-refractivity contribution in [3.8, 4) is 0 Å². The van der Waals surface area contributed by atoms with Gasteiger partial charge < -0.3 is 14.9 Å². The molecule has 0 aromatic carbocycles. The van der Waals surface area contributed by atoms with E-state index in [1.54, 1.807) is 22.6 Å². The van der Waals surface area contributed by atoms with Crippen molar-refractivity contribution < 1.29 is 9.90 Å². The van der Waals surface area contributed by atoms with Crippen molar-refractivity contribution in [2.75, 3.05) is 32.7 Å². The number of amides is 1. The fraction of sp³-hybridized carbons (Fsp3) is 0.773. The Morgan fingerprint density at radius 2 is 1.97 bits per heavy atom. The van der Waals surface area contributed by atoms with E-state index < -0.39 is 5.60 Å². The maximum absolute atomic E-state index is 12.4. The van der Waals surface area contributed by atoms with Gasteiger partial charge in [-0.2, -0.15) is 5.10 Å². The Morgan fingerprint density at radius 1 is 1.21 bits per heavy atom. The normalized spacial score (nSPS) is 26.3. The second kappa shape index (κ2) is 8.56. The zero-order valence-corrected chi connectivity index (χ0v) is 17.6. The largest absolute Gasteiger partial charge is 0.387 e. The van der Waals surface area contributed by atoms with E-state index in [0.29, 0.717) is 25.6 Å². The highest BCUT2D eigenvalue weighted by atomic mass is 16.3. The van der Waals surface area contributed by atoms with Crippen LogP contribution in [0, 0.1) is 5.92 Å². The molecular weight excluding hydrogens is 368 g/mol. The third-order valence-electron chi connectivity index (χ3n) is 6.93. The molecule has 2 fully saturated rings. The van der Waals surface area contributed by atoms with Gasteiger partial charge in [-0.15, -0.1) is 0 Å². The van der Waals surface area contributed by atoms with Crippen LogP contribution in [0.2, 0.25) is 0 Å². The summed E-state index contributed by atoms with van der Waals surface area (Å²) in [6, 6.07) is 1.80. The molecule has 29 heavy (non-hydrogen) atoms. The molecule has 1 N–H and O–H groups in total. The molecule has 0 radical (unpaired) electrons. The highest BCUT2D eigenvalue weighted by Crippen LogP contribution is 2.26. The Labute approximate surface area is 172 Å². The summed E-state index contributed by atoms with van der Waals surface area (Å²) in [5, 5.41) is 15.7. The molecule has 2 saturated heterocycles. The number of carbonyl (C=O) groups excluding carboxylic acids is 1. The van der Waals surface area contributed by atoms with Gasteiger partial charge in [0.15, 0.2) is 0 Å². The van der Waals surface area contributed by atoms with E-state index >= 15 is 0 Å². The van der Waals surface area contributed by atoms with Gasteiger partial charge in [-0.3, -0.25) is 9.59 Å². The molecule has 160 valence electrons. The minimum absolute atomic E-state index is 0.0360. The van der Waals surface area contributed by atoms with Gasteiger partial charge in [0.2, 0.25) is 5.91 Å². The predicted octanol–water partition coefficient (Wildman–Crippen LogP) is 1.21. The molecular formula is C22H34N4O3. The number of aryl methyl sites for hydroxylation is 2. The topological polar surface area (TPSA) is 78.7 Å². The molecule has 2 aliphatic heterocycles. The van der Waals surface area contributed by atoms with Crippen molar-refractivity contribution in [2.24, 2.45) is 5.92 Å². The first-order chi connectivity index (χ1) is 13.9.